The Kier molecular flexibility index (Phi) is 3.53. The van der Waals surface area contributed by atoms with Gasteiger partial charge in [-0.1, -0.05) is 23.7 Å². The van der Waals surface area contributed by atoms with Crippen LogP contribution in [0.2, 0.25) is 5.02 Å². The van der Waals surface area contributed by atoms with E-state index in [1.807, 2.05) is 25.1 Å². The fraction of sp³-hybridized carbons (Fsp3) is 0.538. The summed E-state index contributed by atoms with van der Waals surface area (Å²) in [5.41, 5.74) is 0.634. The molecular weight excluding hydrogens is 222 g/mol. The second-order valence-electron chi connectivity index (χ2n) is 4.84. The molecule has 0 amide bonds. The lowest BCUT2D eigenvalue weighted by atomic mass is 9.79. The zero-order valence-electron chi connectivity index (χ0n) is 9.54. The molecule has 1 aliphatic rings. The molecule has 2 unspecified atom stereocenters. The number of hydrogen-bond donors (Lipinski definition) is 2. The summed E-state index contributed by atoms with van der Waals surface area (Å²) in [7, 11) is 0. The number of rotatable bonds is 2. The first kappa shape index (κ1) is 11.9. The van der Waals surface area contributed by atoms with Crippen molar-refractivity contribution in [1.29, 1.82) is 0 Å². The van der Waals surface area contributed by atoms with Crippen molar-refractivity contribution in [2.45, 2.75) is 25.4 Å². The van der Waals surface area contributed by atoms with Gasteiger partial charge in [0.15, 0.2) is 0 Å². The van der Waals surface area contributed by atoms with E-state index in [-0.39, 0.29) is 5.92 Å². The molecule has 0 saturated carbocycles. The highest BCUT2D eigenvalue weighted by Gasteiger charge is 2.34. The summed E-state index contributed by atoms with van der Waals surface area (Å²) in [4.78, 5) is 0. The minimum atomic E-state index is -0.562. The van der Waals surface area contributed by atoms with Gasteiger partial charge in [0.05, 0.1) is 5.60 Å². The molecule has 2 N–H and O–H groups in total. The van der Waals surface area contributed by atoms with Crippen molar-refractivity contribution in [2.75, 3.05) is 13.1 Å². The van der Waals surface area contributed by atoms with Crippen LogP contribution < -0.4 is 5.32 Å². The molecule has 2 nitrogen and oxygen atoms in total. The highest BCUT2D eigenvalue weighted by atomic mass is 35.5. The Bertz CT molecular complexity index is 365. The summed E-state index contributed by atoms with van der Waals surface area (Å²) in [6.45, 7) is 3.71. The van der Waals surface area contributed by atoms with Gasteiger partial charge in [-0.2, -0.15) is 0 Å². The van der Waals surface area contributed by atoms with Gasteiger partial charge in [0.25, 0.3) is 0 Å². The molecule has 0 spiro atoms. The molecule has 2 atom stereocenters. The number of benzene rings is 1. The van der Waals surface area contributed by atoms with Crippen LogP contribution in [0.15, 0.2) is 24.3 Å². The number of nitrogens with one attached hydrogen (secondary N) is 1. The third-order valence-corrected chi connectivity index (χ3v) is 3.68. The summed E-state index contributed by atoms with van der Waals surface area (Å²) >= 11 is 5.96. The average Bonchev–Trinajstić information content (AvgIpc) is 2.21. The van der Waals surface area contributed by atoms with Crippen LogP contribution in [0, 0.1) is 5.92 Å². The van der Waals surface area contributed by atoms with Gasteiger partial charge in [-0.15, -0.1) is 0 Å². The monoisotopic (exact) mass is 239 g/mol. The predicted molar refractivity (Wildman–Crippen MR) is 66.8 cm³/mol. The first-order valence-electron chi connectivity index (χ1n) is 5.75. The molecule has 1 aromatic carbocycles. The Hall–Kier alpha value is -0.570. The summed E-state index contributed by atoms with van der Waals surface area (Å²) in [5, 5.41) is 14.4. The summed E-state index contributed by atoms with van der Waals surface area (Å²) in [6.07, 6.45) is 1.69. The zero-order chi connectivity index (χ0) is 11.6. The zero-order valence-corrected chi connectivity index (χ0v) is 10.3. The van der Waals surface area contributed by atoms with Crippen LogP contribution in [0.25, 0.3) is 0 Å². The first-order valence-corrected chi connectivity index (χ1v) is 6.13. The van der Waals surface area contributed by atoms with Crippen molar-refractivity contribution in [3.63, 3.8) is 0 Å². The van der Waals surface area contributed by atoms with E-state index in [0.29, 0.717) is 0 Å². The van der Waals surface area contributed by atoms with Crippen LogP contribution in [0.1, 0.15) is 18.9 Å². The lowest BCUT2D eigenvalue weighted by molar-refractivity contribution is -0.0234. The molecule has 3 heteroatoms. The third-order valence-electron chi connectivity index (χ3n) is 3.45. The molecular formula is C13H18ClNO. The van der Waals surface area contributed by atoms with Crippen molar-refractivity contribution in [2.24, 2.45) is 5.92 Å². The van der Waals surface area contributed by atoms with Gasteiger partial charge in [0.2, 0.25) is 0 Å². The molecule has 0 aromatic heterocycles. The summed E-state index contributed by atoms with van der Waals surface area (Å²) < 4.78 is 0. The summed E-state index contributed by atoms with van der Waals surface area (Å²) in [5.74, 6) is 0.264. The highest BCUT2D eigenvalue weighted by molar-refractivity contribution is 6.30. The summed E-state index contributed by atoms with van der Waals surface area (Å²) in [6, 6.07) is 7.88. The van der Waals surface area contributed by atoms with Crippen LogP contribution in [-0.2, 0) is 6.42 Å². The van der Waals surface area contributed by atoms with Crippen LogP contribution >= 0.6 is 11.6 Å². The molecule has 0 radical (unpaired) electrons. The SMILES string of the molecule is CC1(O)CCNCC1Cc1cccc(Cl)c1. The van der Waals surface area contributed by atoms with Crippen molar-refractivity contribution < 1.29 is 5.11 Å². The smallest absolute Gasteiger partial charge is 0.0675 e. The van der Waals surface area contributed by atoms with Gasteiger partial charge in [0, 0.05) is 17.5 Å². The number of halogens is 1. The van der Waals surface area contributed by atoms with Crippen molar-refractivity contribution >= 4 is 11.6 Å². The van der Waals surface area contributed by atoms with Crippen LogP contribution in [0.4, 0.5) is 0 Å². The first-order chi connectivity index (χ1) is 7.58. The van der Waals surface area contributed by atoms with E-state index in [4.69, 9.17) is 11.6 Å². The van der Waals surface area contributed by atoms with E-state index in [1.165, 1.54) is 5.56 Å². The van der Waals surface area contributed by atoms with Gasteiger partial charge < -0.3 is 10.4 Å². The standard InChI is InChI=1S/C13H18ClNO/c1-13(16)5-6-15-9-11(13)7-10-3-2-4-12(14)8-10/h2-4,8,11,15-16H,5-7,9H2,1H3. The van der Waals surface area contributed by atoms with Crippen LogP contribution in [-0.4, -0.2) is 23.8 Å². The Balaban J connectivity index is 2.08. The fourth-order valence-corrected chi connectivity index (χ4v) is 2.50. The van der Waals surface area contributed by atoms with E-state index in [2.05, 4.69) is 11.4 Å². The lowest BCUT2D eigenvalue weighted by Gasteiger charge is -2.37. The third kappa shape index (κ3) is 2.76. The number of aliphatic hydroxyl groups is 1. The molecule has 0 bridgehead atoms. The van der Waals surface area contributed by atoms with Crippen molar-refractivity contribution in [3.8, 4) is 0 Å². The molecule has 2 rings (SSSR count). The van der Waals surface area contributed by atoms with E-state index in [1.54, 1.807) is 0 Å². The largest absolute Gasteiger partial charge is 0.390 e. The normalized spacial score (nSPS) is 30.3. The highest BCUT2D eigenvalue weighted by Crippen LogP contribution is 2.27. The van der Waals surface area contributed by atoms with E-state index < -0.39 is 5.60 Å². The van der Waals surface area contributed by atoms with Gasteiger partial charge in [-0.05, 0) is 44.0 Å². The molecule has 0 aliphatic carbocycles. The second kappa shape index (κ2) is 4.74. The number of hydrogen-bond acceptors (Lipinski definition) is 2. The number of piperidine rings is 1. The average molecular weight is 240 g/mol. The van der Waals surface area contributed by atoms with Crippen LogP contribution in [0.3, 0.4) is 0 Å². The lowest BCUT2D eigenvalue weighted by Crippen LogP contribution is -2.49. The van der Waals surface area contributed by atoms with Gasteiger partial charge >= 0.3 is 0 Å². The fourth-order valence-electron chi connectivity index (χ4n) is 2.28. The Labute approximate surface area is 102 Å². The Morgan fingerprint density at radius 1 is 1.56 bits per heavy atom. The van der Waals surface area contributed by atoms with Gasteiger partial charge in [0.1, 0.15) is 0 Å². The molecule has 1 heterocycles. The van der Waals surface area contributed by atoms with E-state index in [0.717, 1.165) is 31.0 Å². The van der Waals surface area contributed by atoms with E-state index in [9.17, 15) is 5.11 Å². The van der Waals surface area contributed by atoms with Crippen molar-refractivity contribution in [1.82, 2.24) is 5.32 Å². The minimum absolute atomic E-state index is 0.264. The molecule has 1 aromatic rings. The molecule has 1 fully saturated rings. The maximum atomic E-state index is 10.3. The Morgan fingerprint density at radius 3 is 3.06 bits per heavy atom. The van der Waals surface area contributed by atoms with Gasteiger partial charge in [-0.3, -0.25) is 0 Å². The van der Waals surface area contributed by atoms with E-state index >= 15 is 0 Å². The Morgan fingerprint density at radius 2 is 2.38 bits per heavy atom. The van der Waals surface area contributed by atoms with Gasteiger partial charge in [-0.25, -0.2) is 0 Å². The predicted octanol–water partition coefficient (Wildman–Crippen LogP) is 2.24. The second-order valence-corrected chi connectivity index (χ2v) is 5.28. The molecule has 1 aliphatic heterocycles. The quantitative estimate of drug-likeness (QED) is 0.830. The maximum Gasteiger partial charge on any atom is 0.0675 e. The molecule has 16 heavy (non-hydrogen) atoms. The maximum absolute atomic E-state index is 10.3. The van der Waals surface area contributed by atoms with Crippen molar-refractivity contribution in [3.05, 3.63) is 34.9 Å². The molecule has 88 valence electrons. The minimum Gasteiger partial charge on any atom is -0.390 e. The topological polar surface area (TPSA) is 32.3 Å². The molecule has 1 saturated heterocycles. The van der Waals surface area contributed by atoms with Crippen LogP contribution in [0.5, 0.6) is 0 Å².